The van der Waals surface area contributed by atoms with E-state index in [1.807, 2.05) is 0 Å². The van der Waals surface area contributed by atoms with Crippen LogP contribution in [0.5, 0.6) is 0 Å². The molecule has 1 aliphatic rings. The fourth-order valence-electron chi connectivity index (χ4n) is 1.86. The fraction of sp³-hybridized carbons (Fsp3) is 0.455. The lowest BCUT2D eigenvalue weighted by atomic mass is 9.80. The van der Waals surface area contributed by atoms with Crippen LogP contribution in [-0.4, -0.2) is 22.2 Å². The van der Waals surface area contributed by atoms with Crippen LogP contribution in [0.4, 0.5) is 17.1 Å². The van der Waals surface area contributed by atoms with E-state index in [4.69, 9.17) is 5.73 Å². The number of hydrogen-bond acceptors (Lipinski definition) is 5. The second-order valence-corrected chi connectivity index (χ2v) is 4.46. The van der Waals surface area contributed by atoms with Gasteiger partial charge >= 0.3 is 0 Å². The molecule has 0 bridgehead atoms. The lowest BCUT2D eigenvalue weighted by molar-refractivity contribution is -0.383. The molecule has 0 amide bonds. The molecule has 0 aliphatic heterocycles. The number of hydrogen-bond donors (Lipinski definition) is 3. The van der Waals surface area contributed by atoms with Gasteiger partial charge in [0.25, 0.3) is 5.69 Å². The van der Waals surface area contributed by atoms with Crippen molar-refractivity contribution in [3.63, 3.8) is 0 Å². The summed E-state index contributed by atoms with van der Waals surface area (Å²) < 4.78 is 0. The SMILES string of the molecule is Nc1cc(NCC2(O)CCC2)ccc1[N+](=O)[O-]. The van der Waals surface area contributed by atoms with Crippen LogP contribution < -0.4 is 11.1 Å². The molecule has 2 rings (SSSR count). The molecule has 1 aliphatic carbocycles. The topological polar surface area (TPSA) is 101 Å². The van der Waals surface area contributed by atoms with Gasteiger partial charge in [0.15, 0.2) is 0 Å². The molecule has 1 fully saturated rings. The van der Waals surface area contributed by atoms with Crippen molar-refractivity contribution in [1.82, 2.24) is 0 Å². The monoisotopic (exact) mass is 237 g/mol. The Hall–Kier alpha value is -1.82. The predicted molar refractivity (Wildman–Crippen MR) is 64.8 cm³/mol. The van der Waals surface area contributed by atoms with Crippen LogP contribution in [0.15, 0.2) is 18.2 Å². The molecule has 6 nitrogen and oxygen atoms in total. The first-order valence-electron chi connectivity index (χ1n) is 5.50. The Labute approximate surface area is 98.6 Å². The van der Waals surface area contributed by atoms with Crippen molar-refractivity contribution in [2.75, 3.05) is 17.6 Å². The number of nitro benzene ring substituents is 1. The highest BCUT2D eigenvalue weighted by molar-refractivity contribution is 5.65. The van der Waals surface area contributed by atoms with Crippen molar-refractivity contribution in [3.8, 4) is 0 Å². The summed E-state index contributed by atoms with van der Waals surface area (Å²) >= 11 is 0. The Morgan fingerprint density at radius 2 is 2.24 bits per heavy atom. The molecule has 1 aromatic rings. The van der Waals surface area contributed by atoms with Crippen LogP contribution in [0.25, 0.3) is 0 Å². The highest BCUT2D eigenvalue weighted by Crippen LogP contribution is 2.32. The Bertz CT molecular complexity index is 444. The van der Waals surface area contributed by atoms with Gasteiger partial charge in [-0.25, -0.2) is 0 Å². The maximum atomic E-state index is 10.6. The maximum Gasteiger partial charge on any atom is 0.292 e. The van der Waals surface area contributed by atoms with Gasteiger partial charge in [-0.05, 0) is 31.4 Å². The van der Waals surface area contributed by atoms with Gasteiger partial charge in [0.2, 0.25) is 0 Å². The van der Waals surface area contributed by atoms with Crippen LogP contribution in [0.2, 0.25) is 0 Å². The molecule has 92 valence electrons. The van der Waals surface area contributed by atoms with Crippen molar-refractivity contribution in [1.29, 1.82) is 0 Å². The zero-order valence-corrected chi connectivity index (χ0v) is 9.35. The van der Waals surface area contributed by atoms with E-state index < -0.39 is 10.5 Å². The van der Waals surface area contributed by atoms with E-state index in [9.17, 15) is 15.2 Å². The summed E-state index contributed by atoms with van der Waals surface area (Å²) in [6, 6.07) is 4.47. The molecule has 1 saturated carbocycles. The molecule has 0 radical (unpaired) electrons. The van der Waals surface area contributed by atoms with Gasteiger partial charge in [-0.1, -0.05) is 0 Å². The number of nitrogens with zero attached hydrogens (tertiary/aromatic N) is 1. The molecule has 0 aromatic heterocycles. The van der Waals surface area contributed by atoms with Crippen molar-refractivity contribution in [3.05, 3.63) is 28.3 Å². The number of rotatable bonds is 4. The molecule has 1 aromatic carbocycles. The number of benzene rings is 1. The lowest BCUT2D eigenvalue weighted by Crippen LogP contribution is -2.43. The van der Waals surface area contributed by atoms with Crippen LogP contribution in [0.3, 0.4) is 0 Å². The second kappa shape index (κ2) is 4.21. The maximum absolute atomic E-state index is 10.6. The van der Waals surface area contributed by atoms with Crippen LogP contribution >= 0.6 is 0 Å². The molecule has 4 N–H and O–H groups in total. The summed E-state index contributed by atoms with van der Waals surface area (Å²) in [4.78, 5) is 10.1. The summed E-state index contributed by atoms with van der Waals surface area (Å²) in [5.74, 6) is 0. The van der Waals surface area contributed by atoms with Gasteiger partial charge in [-0.3, -0.25) is 10.1 Å². The van der Waals surface area contributed by atoms with Crippen molar-refractivity contribution in [2.24, 2.45) is 0 Å². The van der Waals surface area contributed by atoms with E-state index in [-0.39, 0.29) is 11.4 Å². The summed E-state index contributed by atoms with van der Waals surface area (Å²) in [6.07, 6.45) is 2.63. The van der Waals surface area contributed by atoms with Gasteiger partial charge in [-0.15, -0.1) is 0 Å². The van der Waals surface area contributed by atoms with E-state index in [2.05, 4.69) is 5.32 Å². The number of anilines is 2. The van der Waals surface area contributed by atoms with E-state index in [0.29, 0.717) is 12.2 Å². The van der Waals surface area contributed by atoms with Crippen molar-refractivity contribution in [2.45, 2.75) is 24.9 Å². The molecule has 0 spiro atoms. The van der Waals surface area contributed by atoms with Crippen LogP contribution in [0.1, 0.15) is 19.3 Å². The molecule has 0 unspecified atom stereocenters. The van der Waals surface area contributed by atoms with Crippen molar-refractivity contribution >= 4 is 17.1 Å². The average Bonchev–Trinajstić information content (AvgIpc) is 2.23. The molecule has 6 heteroatoms. The first kappa shape index (κ1) is 11.7. The van der Waals surface area contributed by atoms with Gasteiger partial charge in [-0.2, -0.15) is 0 Å². The molecule has 0 heterocycles. The zero-order chi connectivity index (χ0) is 12.5. The number of nitrogens with one attached hydrogen (secondary N) is 1. The summed E-state index contributed by atoms with van der Waals surface area (Å²) in [7, 11) is 0. The Kier molecular flexibility index (Phi) is 2.89. The van der Waals surface area contributed by atoms with Crippen LogP contribution in [0, 0.1) is 10.1 Å². The molecule has 17 heavy (non-hydrogen) atoms. The van der Waals surface area contributed by atoms with E-state index >= 15 is 0 Å². The summed E-state index contributed by atoms with van der Waals surface area (Å²) in [5.41, 5.74) is 5.65. The summed E-state index contributed by atoms with van der Waals surface area (Å²) in [5, 5.41) is 23.5. The minimum Gasteiger partial charge on any atom is -0.393 e. The first-order valence-corrected chi connectivity index (χ1v) is 5.50. The van der Waals surface area contributed by atoms with Gasteiger partial charge in [0.1, 0.15) is 5.69 Å². The standard InChI is InChI=1S/C11H15N3O3/c12-9-6-8(2-3-10(9)14(16)17)13-7-11(15)4-1-5-11/h2-3,6,13,15H,1,4-5,7,12H2. The number of nitro groups is 1. The minimum atomic E-state index is -0.628. The smallest absolute Gasteiger partial charge is 0.292 e. The minimum absolute atomic E-state index is 0.0992. The fourth-order valence-corrected chi connectivity index (χ4v) is 1.86. The number of nitrogen functional groups attached to an aromatic ring is 1. The first-order chi connectivity index (χ1) is 8.00. The molecular weight excluding hydrogens is 222 g/mol. The Morgan fingerprint density at radius 1 is 1.53 bits per heavy atom. The summed E-state index contributed by atoms with van der Waals surface area (Å²) in [6.45, 7) is 0.449. The van der Waals surface area contributed by atoms with E-state index in [1.54, 1.807) is 6.07 Å². The van der Waals surface area contributed by atoms with Gasteiger partial charge < -0.3 is 16.2 Å². The highest BCUT2D eigenvalue weighted by Gasteiger charge is 2.33. The quantitative estimate of drug-likeness (QED) is 0.418. The zero-order valence-electron chi connectivity index (χ0n) is 9.35. The van der Waals surface area contributed by atoms with E-state index in [1.165, 1.54) is 12.1 Å². The average molecular weight is 237 g/mol. The highest BCUT2D eigenvalue weighted by atomic mass is 16.6. The molecule has 0 saturated heterocycles. The van der Waals surface area contributed by atoms with Gasteiger partial charge in [0.05, 0.1) is 10.5 Å². The lowest BCUT2D eigenvalue weighted by Gasteiger charge is -2.36. The Morgan fingerprint density at radius 3 is 2.71 bits per heavy atom. The third kappa shape index (κ3) is 2.47. The van der Waals surface area contributed by atoms with Crippen molar-refractivity contribution < 1.29 is 10.0 Å². The van der Waals surface area contributed by atoms with E-state index in [0.717, 1.165) is 19.3 Å². The third-order valence-corrected chi connectivity index (χ3v) is 3.13. The second-order valence-electron chi connectivity index (χ2n) is 4.46. The van der Waals surface area contributed by atoms with Gasteiger partial charge in [0, 0.05) is 18.3 Å². The van der Waals surface area contributed by atoms with Crippen LogP contribution in [-0.2, 0) is 0 Å². The normalized spacial score (nSPS) is 17.2. The molecular formula is C11H15N3O3. The molecule has 0 atom stereocenters. The third-order valence-electron chi connectivity index (χ3n) is 3.13. The number of aliphatic hydroxyl groups is 1. The predicted octanol–water partition coefficient (Wildman–Crippen LogP) is 1.50. The Balaban J connectivity index is 2.02. The largest absolute Gasteiger partial charge is 0.393 e. The number of nitrogens with two attached hydrogens (primary N) is 1.